The molecule has 0 saturated carbocycles. The van der Waals surface area contributed by atoms with Crippen molar-refractivity contribution >= 4 is 34.0 Å². The maximum absolute atomic E-state index is 12.4. The van der Waals surface area contributed by atoms with Crippen molar-refractivity contribution in [3.63, 3.8) is 0 Å². The van der Waals surface area contributed by atoms with Gasteiger partial charge < -0.3 is 10.1 Å². The summed E-state index contributed by atoms with van der Waals surface area (Å²) in [5.74, 6) is 0.135. The highest BCUT2D eigenvalue weighted by Gasteiger charge is 2.20. The van der Waals surface area contributed by atoms with E-state index < -0.39 is 10.0 Å². The van der Waals surface area contributed by atoms with E-state index in [2.05, 4.69) is 10.0 Å². The molecule has 1 saturated heterocycles. The summed E-state index contributed by atoms with van der Waals surface area (Å²) >= 11 is 6.01. The summed E-state index contributed by atoms with van der Waals surface area (Å²) in [6, 6.07) is 3.30. The van der Waals surface area contributed by atoms with Crippen LogP contribution in [-0.4, -0.2) is 41.3 Å². The molecule has 5 nitrogen and oxygen atoms in total. The van der Waals surface area contributed by atoms with Gasteiger partial charge in [0.15, 0.2) is 0 Å². The van der Waals surface area contributed by atoms with E-state index in [1.165, 1.54) is 0 Å². The molecule has 2 rings (SSSR count). The van der Waals surface area contributed by atoms with Gasteiger partial charge >= 0.3 is 0 Å². The molecule has 1 aromatic carbocycles. The highest BCUT2D eigenvalue weighted by atomic mass is 35.5. The highest BCUT2D eigenvalue weighted by molar-refractivity contribution is 7.89. The second kappa shape index (κ2) is 8.47. The minimum Gasteiger partial charge on any atom is -0.380 e. The Hall–Kier alpha value is -0.370. The third kappa shape index (κ3) is 5.08. The first kappa shape index (κ1) is 19.7. The van der Waals surface area contributed by atoms with E-state index in [4.69, 9.17) is 16.3 Å². The number of sulfonamides is 1. The highest BCUT2D eigenvalue weighted by Crippen LogP contribution is 2.23. The third-order valence-corrected chi connectivity index (χ3v) is 5.49. The van der Waals surface area contributed by atoms with Gasteiger partial charge in [0.25, 0.3) is 0 Å². The van der Waals surface area contributed by atoms with Gasteiger partial charge in [0.1, 0.15) is 0 Å². The van der Waals surface area contributed by atoms with Crippen LogP contribution in [-0.2, 0) is 14.8 Å². The lowest BCUT2D eigenvalue weighted by Crippen LogP contribution is -2.35. The monoisotopic (exact) mass is 368 g/mol. The molecule has 0 amide bonds. The Morgan fingerprint density at radius 2 is 2.09 bits per heavy atom. The zero-order chi connectivity index (χ0) is 15.5. The van der Waals surface area contributed by atoms with Crippen LogP contribution in [0.25, 0.3) is 0 Å². The Kier molecular flexibility index (Phi) is 7.58. The van der Waals surface area contributed by atoms with Crippen LogP contribution in [0.4, 0.5) is 0 Å². The quantitative estimate of drug-likeness (QED) is 0.851. The lowest BCUT2D eigenvalue weighted by molar-refractivity contribution is 0.124. The second-order valence-corrected chi connectivity index (χ2v) is 7.51. The molecule has 0 radical (unpaired) electrons. The van der Waals surface area contributed by atoms with E-state index in [1.807, 2.05) is 0 Å². The van der Waals surface area contributed by atoms with Crippen molar-refractivity contribution in [2.45, 2.75) is 18.7 Å². The number of halogens is 2. The maximum atomic E-state index is 12.4. The van der Waals surface area contributed by atoms with E-state index in [9.17, 15) is 8.42 Å². The van der Waals surface area contributed by atoms with Crippen LogP contribution >= 0.6 is 24.0 Å². The van der Waals surface area contributed by atoms with Crippen molar-refractivity contribution in [1.82, 2.24) is 10.0 Å². The van der Waals surface area contributed by atoms with Crippen LogP contribution in [0.3, 0.4) is 0 Å². The van der Waals surface area contributed by atoms with Gasteiger partial charge in [-0.25, -0.2) is 13.1 Å². The molecule has 126 valence electrons. The van der Waals surface area contributed by atoms with Crippen molar-refractivity contribution in [2.24, 2.45) is 5.92 Å². The third-order valence-electron chi connectivity index (χ3n) is 3.52. The van der Waals surface area contributed by atoms with Crippen molar-refractivity contribution in [1.29, 1.82) is 0 Å². The molecule has 1 unspecified atom stereocenters. The molecule has 1 atom stereocenters. The fourth-order valence-corrected chi connectivity index (χ4v) is 3.88. The Bertz CT molecular complexity index is 600. The topological polar surface area (TPSA) is 67.4 Å². The van der Waals surface area contributed by atoms with Crippen LogP contribution in [0, 0.1) is 19.8 Å². The summed E-state index contributed by atoms with van der Waals surface area (Å²) in [5, 5.41) is 3.80. The van der Waals surface area contributed by atoms with Gasteiger partial charge in [-0.05, 0) is 37.1 Å². The molecular formula is C14H22Cl2N2O3S. The van der Waals surface area contributed by atoms with Gasteiger partial charge in [0, 0.05) is 30.6 Å². The van der Waals surface area contributed by atoms with Crippen LogP contribution in [0.2, 0.25) is 5.02 Å². The predicted octanol–water partition coefficient (Wildman–Crippen LogP) is 1.89. The minimum absolute atomic E-state index is 0. The lowest BCUT2D eigenvalue weighted by Gasteiger charge is -2.16. The number of benzene rings is 1. The van der Waals surface area contributed by atoms with Crippen LogP contribution in [0.1, 0.15) is 11.1 Å². The minimum atomic E-state index is -3.53. The molecule has 0 aliphatic carbocycles. The summed E-state index contributed by atoms with van der Waals surface area (Å²) in [6.07, 6.45) is 0. The molecule has 8 heteroatoms. The summed E-state index contributed by atoms with van der Waals surface area (Å²) in [4.78, 5) is 0.284. The number of hydrogen-bond donors (Lipinski definition) is 2. The zero-order valence-electron chi connectivity index (χ0n) is 12.7. The van der Waals surface area contributed by atoms with Gasteiger partial charge in [-0.15, -0.1) is 12.4 Å². The van der Waals surface area contributed by atoms with Crippen molar-refractivity contribution in [2.75, 3.05) is 32.8 Å². The molecule has 1 aliphatic heterocycles. The molecule has 1 heterocycles. The molecule has 1 aliphatic rings. The molecule has 22 heavy (non-hydrogen) atoms. The summed E-state index contributed by atoms with van der Waals surface area (Å²) < 4.78 is 33.0. The maximum Gasteiger partial charge on any atom is 0.240 e. The SMILES string of the molecule is Cc1cc(S(=O)(=O)NCC2CNCCOC2)c(C)cc1Cl.Cl. The first-order chi connectivity index (χ1) is 9.90. The van der Waals surface area contributed by atoms with Crippen molar-refractivity contribution in [3.8, 4) is 0 Å². The van der Waals surface area contributed by atoms with Crippen LogP contribution < -0.4 is 10.0 Å². The van der Waals surface area contributed by atoms with Gasteiger partial charge in [-0.2, -0.15) is 0 Å². The molecule has 1 fully saturated rings. The smallest absolute Gasteiger partial charge is 0.240 e. The fraction of sp³-hybridized carbons (Fsp3) is 0.571. The lowest BCUT2D eigenvalue weighted by atomic mass is 10.2. The van der Waals surface area contributed by atoms with E-state index >= 15 is 0 Å². The van der Waals surface area contributed by atoms with E-state index in [0.29, 0.717) is 30.3 Å². The number of aryl methyl sites for hydroxylation is 2. The van der Waals surface area contributed by atoms with Crippen molar-refractivity contribution < 1.29 is 13.2 Å². The first-order valence-electron chi connectivity index (χ1n) is 6.95. The molecular weight excluding hydrogens is 347 g/mol. The van der Waals surface area contributed by atoms with Gasteiger partial charge in [0.05, 0.1) is 18.1 Å². The number of rotatable bonds is 4. The summed E-state index contributed by atoms with van der Waals surface area (Å²) in [5.41, 5.74) is 1.40. The first-order valence-corrected chi connectivity index (χ1v) is 8.81. The van der Waals surface area contributed by atoms with E-state index in [1.54, 1.807) is 26.0 Å². The van der Waals surface area contributed by atoms with Gasteiger partial charge in [0.2, 0.25) is 10.0 Å². The molecule has 0 spiro atoms. The summed E-state index contributed by atoms with van der Waals surface area (Å²) in [6.45, 7) is 6.68. The van der Waals surface area contributed by atoms with Crippen LogP contribution in [0.5, 0.6) is 0 Å². The van der Waals surface area contributed by atoms with E-state index in [-0.39, 0.29) is 23.2 Å². The van der Waals surface area contributed by atoms with Gasteiger partial charge in [-0.3, -0.25) is 0 Å². The molecule has 0 bridgehead atoms. The number of hydrogen-bond acceptors (Lipinski definition) is 4. The number of ether oxygens (including phenoxy) is 1. The Morgan fingerprint density at radius 3 is 2.82 bits per heavy atom. The average molecular weight is 369 g/mol. The second-order valence-electron chi connectivity index (χ2n) is 5.36. The largest absolute Gasteiger partial charge is 0.380 e. The standard InChI is InChI=1S/C14H21ClN2O3S.ClH/c1-10-6-14(11(2)5-13(10)15)21(18,19)17-8-12-7-16-3-4-20-9-12;/h5-6,12,16-17H,3-4,7-9H2,1-2H3;1H. The Balaban J connectivity index is 0.00000242. The molecule has 0 aromatic heterocycles. The predicted molar refractivity (Wildman–Crippen MR) is 90.5 cm³/mol. The zero-order valence-corrected chi connectivity index (χ0v) is 15.1. The average Bonchev–Trinajstić information content (AvgIpc) is 2.69. The Morgan fingerprint density at radius 1 is 1.36 bits per heavy atom. The molecule has 2 N–H and O–H groups in total. The van der Waals surface area contributed by atoms with Gasteiger partial charge in [-0.1, -0.05) is 11.6 Å². The fourth-order valence-electron chi connectivity index (χ4n) is 2.24. The van der Waals surface area contributed by atoms with E-state index in [0.717, 1.165) is 18.7 Å². The molecule has 1 aromatic rings. The van der Waals surface area contributed by atoms with Crippen molar-refractivity contribution in [3.05, 3.63) is 28.3 Å². The number of nitrogens with one attached hydrogen (secondary N) is 2. The summed E-state index contributed by atoms with van der Waals surface area (Å²) in [7, 11) is -3.53. The van der Waals surface area contributed by atoms with Crippen LogP contribution in [0.15, 0.2) is 17.0 Å². The normalized spacial score (nSPS) is 19.3. The Labute approximate surface area is 143 Å².